The minimum absolute atomic E-state index is 0.234. The van der Waals surface area contributed by atoms with E-state index in [0.29, 0.717) is 22.9 Å². The van der Waals surface area contributed by atoms with Crippen molar-refractivity contribution < 1.29 is 19.0 Å². The topological polar surface area (TPSA) is 94.6 Å². The van der Waals surface area contributed by atoms with Gasteiger partial charge in [-0.15, -0.1) is 0 Å². The number of carbonyl (C=O) groups is 1. The lowest BCUT2D eigenvalue weighted by molar-refractivity contribution is 0.102. The van der Waals surface area contributed by atoms with Crippen LogP contribution in [0, 0.1) is 6.92 Å². The van der Waals surface area contributed by atoms with E-state index in [1.165, 1.54) is 27.5 Å². The van der Waals surface area contributed by atoms with Gasteiger partial charge in [-0.3, -0.25) is 4.79 Å². The molecule has 0 saturated heterocycles. The Hall–Kier alpha value is -3.81. The molecule has 0 aliphatic carbocycles. The predicted octanol–water partition coefficient (Wildman–Crippen LogP) is 3.81. The number of rotatable bonds is 7. The molecule has 3 aromatic rings. The molecule has 8 heteroatoms. The van der Waals surface area contributed by atoms with E-state index in [1.54, 1.807) is 18.2 Å². The molecule has 0 bridgehead atoms. The summed E-state index contributed by atoms with van der Waals surface area (Å²) in [4.78, 5) is 21.1. The SMILES string of the molecule is COc1cc(Nc2nccc(C(=O)Nc3ccccc3C)n2)cc(OC)c1OC. The molecular formula is C21H22N4O4. The van der Waals surface area contributed by atoms with Gasteiger partial charge >= 0.3 is 0 Å². The smallest absolute Gasteiger partial charge is 0.274 e. The van der Waals surface area contributed by atoms with Crippen LogP contribution >= 0.6 is 0 Å². The monoisotopic (exact) mass is 394 g/mol. The van der Waals surface area contributed by atoms with Gasteiger partial charge in [-0.2, -0.15) is 0 Å². The molecule has 150 valence electrons. The van der Waals surface area contributed by atoms with E-state index in [2.05, 4.69) is 20.6 Å². The molecule has 0 unspecified atom stereocenters. The van der Waals surface area contributed by atoms with Gasteiger partial charge in [-0.25, -0.2) is 9.97 Å². The van der Waals surface area contributed by atoms with Crippen molar-refractivity contribution in [1.82, 2.24) is 9.97 Å². The zero-order chi connectivity index (χ0) is 20.8. The molecule has 0 saturated carbocycles. The van der Waals surface area contributed by atoms with Crippen LogP contribution in [0.1, 0.15) is 16.1 Å². The fraction of sp³-hybridized carbons (Fsp3) is 0.190. The van der Waals surface area contributed by atoms with Gasteiger partial charge in [0, 0.05) is 29.7 Å². The molecule has 1 aromatic heterocycles. The second-order valence-corrected chi connectivity index (χ2v) is 6.07. The molecule has 3 rings (SSSR count). The molecule has 8 nitrogen and oxygen atoms in total. The number of hydrogen-bond acceptors (Lipinski definition) is 7. The summed E-state index contributed by atoms with van der Waals surface area (Å²) in [6.45, 7) is 1.92. The maximum atomic E-state index is 12.6. The summed E-state index contributed by atoms with van der Waals surface area (Å²) in [5, 5.41) is 5.91. The number of methoxy groups -OCH3 is 3. The van der Waals surface area contributed by atoms with Crippen LogP contribution in [0.5, 0.6) is 17.2 Å². The maximum Gasteiger partial charge on any atom is 0.274 e. The Kier molecular flexibility index (Phi) is 6.13. The second kappa shape index (κ2) is 8.92. The summed E-state index contributed by atoms with van der Waals surface area (Å²) >= 11 is 0. The van der Waals surface area contributed by atoms with Crippen LogP contribution in [0.3, 0.4) is 0 Å². The Labute approximate surface area is 168 Å². The average Bonchev–Trinajstić information content (AvgIpc) is 2.74. The van der Waals surface area contributed by atoms with E-state index in [9.17, 15) is 4.79 Å². The van der Waals surface area contributed by atoms with Gasteiger partial charge in [0.25, 0.3) is 5.91 Å². The standard InChI is InChI=1S/C21H22N4O4/c1-13-7-5-6-8-15(13)24-20(26)16-9-10-22-21(25-16)23-14-11-17(27-2)19(29-4)18(12-14)28-3/h5-12H,1-4H3,(H,24,26)(H,22,23,25). The van der Waals surface area contributed by atoms with Crippen molar-refractivity contribution in [2.24, 2.45) is 0 Å². The minimum atomic E-state index is -0.324. The van der Waals surface area contributed by atoms with Crippen LogP contribution in [0.25, 0.3) is 0 Å². The summed E-state index contributed by atoms with van der Waals surface area (Å²) in [6.07, 6.45) is 1.51. The number of carbonyl (C=O) groups excluding carboxylic acids is 1. The summed E-state index contributed by atoms with van der Waals surface area (Å²) in [6, 6.07) is 12.5. The molecule has 2 N–H and O–H groups in total. The highest BCUT2D eigenvalue weighted by Crippen LogP contribution is 2.40. The molecule has 0 atom stereocenters. The van der Waals surface area contributed by atoms with E-state index in [4.69, 9.17) is 14.2 Å². The fourth-order valence-electron chi connectivity index (χ4n) is 2.73. The fourth-order valence-corrected chi connectivity index (χ4v) is 2.73. The number of aromatic nitrogens is 2. The molecule has 0 aliphatic rings. The molecule has 2 aromatic carbocycles. The van der Waals surface area contributed by atoms with Crippen LogP contribution in [0.4, 0.5) is 17.3 Å². The average molecular weight is 394 g/mol. The Bertz CT molecular complexity index is 998. The van der Waals surface area contributed by atoms with Crippen LogP contribution < -0.4 is 24.8 Å². The van der Waals surface area contributed by atoms with E-state index < -0.39 is 0 Å². The minimum Gasteiger partial charge on any atom is -0.493 e. The van der Waals surface area contributed by atoms with Gasteiger partial charge in [0.2, 0.25) is 11.7 Å². The first-order valence-electron chi connectivity index (χ1n) is 8.82. The van der Waals surface area contributed by atoms with Crippen molar-refractivity contribution in [2.75, 3.05) is 32.0 Å². The van der Waals surface area contributed by atoms with Crippen LogP contribution in [0.15, 0.2) is 48.7 Å². The maximum absolute atomic E-state index is 12.6. The molecule has 0 radical (unpaired) electrons. The number of amides is 1. The number of nitrogens with zero attached hydrogens (tertiary/aromatic N) is 2. The Morgan fingerprint density at radius 2 is 1.66 bits per heavy atom. The Morgan fingerprint density at radius 3 is 2.28 bits per heavy atom. The Morgan fingerprint density at radius 1 is 0.966 bits per heavy atom. The normalized spacial score (nSPS) is 10.2. The summed E-state index contributed by atoms with van der Waals surface area (Å²) < 4.78 is 16.0. The largest absolute Gasteiger partial charge is 0.493 e. The van der Waals surface area contributed by atoms with Crippen molar-refractivity contribution in [2.45, 2.75) is 6.92 Å². The van der Waals surface area contributed by atoms with Crippen molar-refractivity contribution in [3.8, 4) is 17.2 Å². The molecule has 29 heavy (non-hydrogen) atoms. The zero-order valence-corrected chi connectivity index (χ0v) is 16.6. The number of aryl methyl sites for hydroxylation is 1. The van der Waals surface area contributed by atoms with Gasteiger partial charge in [-0.05, 0) is 24.6 Å². The number of para-hydroxylation sites is 1. The molecular weight excluding hydrogens is 372 g/mol. The van der Waals surface area contributed by atoms with Crippen LogP contribution in [-0.2, 0) is 0 Å². The number of benzene rings is 2. The van der Waals surface area contributed by atoms with Crippen LogP contribution in [0.2, 0.25) is 0 Å². The van der Waals surface area contributed by atoms with E-state index >= 15 is 0 Å². The lowest BCUT2D eigenvalue weighted by Gasteiger charge is -2.14. The van der Waals surface area contributed by atoms with E-state index in [1.807, 2.05) is 31.2 Å². The third-order valence-corrected chi connectivity index (χ3v) is 4.20. The molecule has 1 amide bonds. The zero-order valence-electron chi connectivity index (χ0n) is 16.6. The highest BCUT2D eigenvalue weighted by Gasteiger charge is 2.15. The highest BCUT2D eigenvalue weighted by atomic mass is 16.5. The number of ether oxygens (including phenoxy) is 3. The van der Waals surface area contributed by atoms with E-state index in [0.717, 1.165) is 11.3 Å². The number of hydrogen-bond donors (Lipinski definition) is 2. The van der Waals surface area contributed by atoms with Gasteiger partial charge in [0.15, 0.2) is 11.5 Å². The van der Waals surface area contributed by atoms with Crippen molar-refractivity contribution >= 4 is 23.2 Å². The first-order chi connectivity index (χ1) is 14.0. The Balaban J connectivity index is 1.83. The number of anilines is 3. The summed E-state index contributed by atoms with van der Waals surface area (Å²) in [7, 11) is 4.61. The number of nitrogens with one attached hydrogen (secondary N) is 2. The lowest BCUT2D eigenvalue weighted by Crippen LogP contribution is -2.15. The van der Waals surface area contributed by atoms with Gasteiger partial charge in [0.1, 0.15) is 5.69 Å². The lowest BCUT2D eigenvalue weighted by atomic mass is 10.2. The molecule has 0 spiro atoms. The summed E-state index contributed by atoms with van der Waals surface area (Å²) in [5.41, 5.74) is 2.55. The van der Waals surface area contributed by atoms with Crippen LogP contribution in [-0.4, -0.2) is 37.2 Å². The van der Waals surface area contributed by atoms with Gasteiger partial charge in [0.05, 0.1) is 21.3 Å². The quantitative estimate of drug-likeness (QED) is 0.629. The second-order valence-electron chi connectivity index (χ2n) is 6.07. The summed E-state index contributed by atoms with van der Waals surface area (Å²) in [5.74, 6) is 1.39. The molecule has 0 fully saturated rings. The van der Waals surface area contributed by atoms with Gasteiger partial charge < -0.3 is 24.8 Å². The molecule has 0 aliphatic heterocycles. The van der Waals surface area contributed by atoms with Crippen molar-refractivity contribution in [3.05, 3.63) is 59.9 Å². The van der Waals surface area contributed by atoms with E-state index in [-0.39, 0.29) is 17.5 Å². The third kappa shape index (κ3) is 4.55. The van der Waals surface area contributed by atoms with Crippen molar-refractivity contribution in [1.29, 1.82) is 0 Å². The predicted molar refractivity (Wildman–Crippen MR) is 111 cm³/mol. The van der Waals surface area contributed by atoms with Gasteiger partial charge in [-0.1, -0.05) is 18.2 Å². The third-order valence-electron chi connectivity index (χ3n) is 4.20. The highest BCUT2D eigenvalue weighted by molar-refractivity contribution is 6.03. The first kappa shape index (κ1) is 19.9. The first-order valence-corrected chi connectivity index (χ1v) is 8.82. The molecule has 1 heterocycles. The van der Waals surface area contributed by atoms with Crippen molar-refractivity contribution in [3.63, 3.8) is 0 Å².